The Hall–Kier alpha value is -1.39. The van der Waals surface area contributed by atoms with Crippen molar-refractivity contribution in [3.8, 4) is 0 Å². The van der Waals surface area contributed by atoms with Gasteiger partial charge in [-0.05, 0) is 37.4 Å². The number of likely N-dealkylation sites (tertiary alicyclic amines) is 1. The molecule has 2 atom stereocenters. The fourth-order valence-corrected chi connectivity index (χ4v) is 3.37. The second kappa shape index (κ2) is 6.58. The van der Waals surface area contributed by atoms with E-state index in [1.165, 1.54) is 11.1 Å². The molecule has 2 aliphatic heterocycles. The van der Waals surface area contributed by atoms with Crippen LogP contribution in [0.15, 0.2) is 24.3 Å². The number of rotatable bonds is 3. The van der Waals surface area contributed by atoms with Crippen LogP contribution in [-0.2, 0) is 16.0 Å². The molecule has 0 aliphatic carbocycles. The highest BCUT2D eigenvalue weighted by Crippen LogP contribution is 2.30. The Morgan fingerprint density at radius 3 is 3.14 bits per heavy atom. The standard InChI is InChI=1S/C17H24N2O2/c1-18-14-6-4-9-19(12-14)17(20)11-16-15-7-3-2-5-13(15)8-10-21-16/h2-3,5,7,14,16,18H,4,6,8-12H2,1H3. The van der Waals surface area contributed by atoms with E-state index >= 15 is 0 Å². The molecule has 0 radical (unpaired) electrons. The lowest BCUT2D eigenvalue weighted by atomic mass is 9.95. The van der Waals surface area contributed by atoms with Gasteiger partial charge in [0.25, 0.3) is 0 Å². The van der Waals surface area contributed by atoms with Crippen molar-refractivity contribution in [1.29, 1.82) is 0 Å². The van der Waals surface area contributed by atoms with Crippen molar-refractivity contribution in [3.63, 3.8) is 0 Å². The van der Waals surface area contributed by atoms with Crippen molar-refractivity contribution < 1.29 is 9.53 Å². The molecule has 1 amide bonds. The molecule has 0 bridgehead atoms. The van der Waals surface area contributed by atoms with E-state index in [4.69, 9.17) is 4.74 Å². The van der Waals surface area contributed by atoms with Gasteiger partial charge in [0.2, 0.25) is 5.91 Å². The summed E-state index contributed by atoms with van der Waals surface area (Å²) in [6.45, 7) is 2.42. The van der Waals surface area contributed by atoms with E-state index in [9.17, 15) is 4.79 Å². The number of benzene rings is 1. The minimum absolute atomic E-state index is 0.0718. The zero-order chi connectivity index (χ0) is 14.7. The largest absolute Gasteiger partial charge is 0.373 e. The monoisotopic (exact) mass is 288 g/mol. The van der Waals surface area contributed by atoms with Crippen LogP contribution in [0.4, 0.5) is 0 Å². The van der Waals surface area contributed by atoms with Crippen molar-refractivity contribution >= 4 is 5.91 Å². The van der Waals surface area contributed by atoms with Crippen LogP contribution in [0.1, 0.15) is 36.5 Å². The highest BCUT2D eigenvalue weighted by molar-refractivity contribution is 5.77. The van der Waals surface area contributed by atoms with Crippen molar-refractivity contribution in [2.75, 3.05) is 26.7 Å². The lowest BCUT2D eigenvalue weighted by Gasteiger charge is -2.34. The topological polar surface area (TPSA) is 41.6 Å². The first kappa shape index (κ1) is 14.5. The molecule has 1 N–H and O–H groups in total. The second-order valence-electron chi connectivity index (χ2n) is 5.98. The number of carbonyl (C=O) groups is 1. The molecular weight excluding hydrogens is 264 g/mol. The third-order valence-electron chi connectivity index (χ3n) is 4.63. The van der Waals surface area contributed by atoms with Crippen LogP contribution < -0.4 is 5.32 Å². The van der Waals surface area contributed by atoms with Gasteiger partial charge in [-0.1, -0.05) is 24.3 Å². The zero-order valence-corrected chi connectivity index (χ0v) is 12.7. The summed E-state index contributed by atoms with van der Waals surface area (Å²) in [7, 11) is 1.97. The summed E-state index contributed by atoms with van der Waals surface area (Å²) in [6.07, 6.45) is 3.58. The average molecular weight is 288 g/mol. The number of hydrogen-bond donors (Lipinski definition) is 1. The van der Waals surface area contributed by atoms with Crippen LogP contribution in [0.25, 0.3) is 0 Å². The Morgan fingerprint density at radius 2 is 2.29 bits per heavy atom. The Morgan fingerprint density at radius 1 is 1.43 bits per heavy atom. The molecule has 2 heterocycles. The Labute approximate surface area is 126 Å². The normalized spacial score (nSPS) is 25.5. The van der Waals surface area contributed by atoms with Gasteiger partial charge in [0.1, 0.15) is 0 Å². The fraction of sp³-hybridized carbons (Fsp3) is 0.588. The first-order valence-corrected chi connectivity index (χ1v) is 7.92. The molecule has 1 aromatic carbocycles. The van der Waals surface area contributed by atoms with E-state index in [0.717, 1.165) is 32.4 Å². The molecule has 1 fully saturated rings. The molecular formula is C17H24N2O2. The lowest BCUT2D eigenvalue weighted by molar-refractivity contribution is -0.136. The summed E-state index contributed by atoms with van der Waals surface area (Å²) in [5.74, 6) is 0.219. The van der Waals surface area contributed by atoms with Crippen LogP contribution in [0.2, 0.25) is 0 Å². The first-order chi connectivity index (χ1) is 10.3. The smallest absolute Gasteiger partial charge is 0.225 e. The van der Waals surface area contributed by atoms with Crippen LogP contribution >= 0.6 is 0 Å². The summed E-state index contributed by atoms with van der Waals surface area (Å²) >= 11 is 0. The van der Waals surface area contributed by atoms with Gasteiger partial charge in [0.05, 0.1) is 19.1 Å². The van der Waals surface area contributed by atoms with Gasteiger partial charge in [0, 0.05) is 19.1 Å². The van der Waals surface area contributed by atoms with E-state index in [2.05, 4.69) is 23.5 Å². The summed E-state index contributed by atoms with van der Waals surface area (Å²) in [6, 6.07) is 8.77. The molecule has 2 aliphatic rings. The number of carbonyl (C=O) groups excluding carboxylic acids is 1. The first-order valence-electron chi connectivity index (χ1n) is 7.92. The van der Waals surface area contributed by atoms with Gasteiger partial charge >= 0.3 is 0 Å². The van der Waals surface area contributed by atoms with Gasteiger partial charge < -0.3 is 15.0 Å². The number of piperidine rings is 1. The maximum Gasteiger partial charge on any atom is 0.225 e. The summed E-state index contributed by atoms with van der Waals surface area (Å²) in [5.41, 5.74) is 2.52. The predicted octanol–water partition coefficient (Wildman–Crippen LogP) is 1.90. The molecule has 1 saturated heterocycles. The average Bonchev–Trinajstić information content (AvgIpc) is 2.55. The maximum atomic E-state index is 12.6. The minimum atomic E-state index is -0.0718. The minimum Gasteiger partial charge on any atom is -0.373 e. The molecule has 2 unspecified atom stereocenters. The molecule has 114 valence electrons. The highest BCUT2D eigenvalue weighted by atomic mass is 16.5. The van der Waals surface area contributed by atoms with Crippen LogP contribution in [0.3, 0.4) is 0 Å². The van der Waals surface area contributed by atoms with Gasteiger partial charge in [0.15, 0.2) is 0 Å². The Kier molecular flexibility index (Phi) is 4.56. The van der Waals surface area contributed by atoms with Crippen molar-refractivity contribution in [3.05, 3.63) is 35.4 Å². The number of fused-ring (bicyclic) bond motifs is 1. The quantitative estimate of drug-likeness (QED) is 0.923. The van der Waals surface area contributed by atoms with Crippen LogP contribution in [0, 0.1) is 0 Å². The predicted molar refractivity (Wildman–Crippen MR) is 82.1 cm³/mol. The lowest BCUT2D eigenvalue weighted by Crippen LogP contribution is -2.47. The van der Waals surface area contributed by atoms with Crippen molar-refractivity contribution in [1.82, 2.24) is 10.2 Å². The second-order valence-corrected chi connectivity index (χ2v) is 5.98. The van der Waals surface area contributed by atoms with Gasteiger partial charge in [-0.3, -0.25) is 4.79 Å². The van der Waals surface area contributed by atoms with Gasteiger partial charge in [-0.2, -0.15) is 0 Å². The number of amides is 1. The highest BCUT2D eigenvalue weighted by Gasteiger charge is 2.28. The fourth-order valence-electron chi connectivity index (χ4n) is 3.37. The molecule has 4 nitrogen and oxygen atoms in total. The van der Waals surface area contributed by atoms with E-state index in [0.29, 0.717) is 19.1 Å². The number of likely N-dealkylation sites (N-methyl/N-ethyl adjacent to an activating group) is 1. The molecule has 3 rings (SSSR count). The van der Waals surface area contributed by atoms with Gasteiger partial charge in [-0.25, -0.2) is 0 Å². The molecule has 0 saturated carbocycles. The van der Waals surface area contributed by atoms with E-state index < -0.39 is 0 Å². The summed E-state index contributed by atoms with van der Waals surface area (Å²) in [4.78, 5) is 14.5. The third kappa shape index (κ3) is 3.27. The van der Waals surface area contributed by atoms with Crippen molar-refractivity contribution in [2.45, 2.75) is 37.8 Å². The molecule has 1 aromatic rings. The summed E-state index contributed by atoms with van der Waals surface area (Å²) < 4.78 is 5.86. The number of ether oxygens (including phenoxy) is 1. The Bertz CT molecular complexity index is 503. The van der Waals surface area contributed by atoms with Crippen LogP contribution in [0.5, 0.6) is 0 Å². The number of nitrogens with one attached hydrogen (secondary N) is 1. The number of nitrogens with zero attached hydrogens (tertiary/aromatic N) is 1. The molecule has 4 heteroatoms. The SMILES string of the molecule is CNC1CCCN(C(=O)CC2OCCc3ccccc32)C1. The van der Waals surface area contributed by atoms with E-state index in [-0.39, 0.29) is 12.0 Å². The third-order valence-corrected chi connectivity index (χ3v) is 4.63. The van der Waals surface area contributed by atoms with Gasteiger partial charge in [-0.15, -0.1) is 0 Å². The van der Waals surface area contributed by atoms with Crippen LogP contribution in [-0.4, -0.2) is 43.6 Å². The number of hydrogen-bond acceptors (Lipinski definition) is 3. The van der Waals surface area contributed by atoms with Crippen molar-refractivity contribution in [2.24, 2.45) is 0 Å². The Balaban J connectivity index is 1.65. The molecule has 0 spiro atoms. The molecule has 0 aromatic heterocycles. The summed E-state index contributed by atoms with van der Waals surface area (Å²) in [5, 5.41) is 3.28. The zero-order valence-electron chi connectivity index (χ0n) is 12.7. The maximum absolute atomic E-state index is 12.6. The van der Waals surface area contributed by atoms with E-state index in [1.807, 2.05) is 18.0 Å². The van der Waals surface area contributed by atoms with E-state index in [1.54, 1.807) is 0 Å². The molecule has 21 heavy (non-hydrogen) atoms.